The van der Waals surface area contributed by atoms with E-state index in [0.717, 1.165) is 17.5 Å². The van der Waals surface area contributed by atoms with Crippen molar-refractivity contribution in [2.24, 2.45) is 4.99 Å². The van der Waals surface area contributed by atoms with Crippen molar-refractivity contribution < 1.29 is 0 Å². The van der Waals surface area contributed by atoms with Crippen LogP contribution < -0.4 is 10.9 Å². The van der Waals surface area contributed by atoms with Gasteiger partial charge < -0.3 is 5.32 Å². The molecule has 1 unspecified atom stereocenters. The topological polar surface area (TPSA) is 58.8 Å². The van der Waals surface area contributed by atoms with E-state index in [9.17, 15) is 4.79 Å². The highest BCUT2D eigenvalue weighted by atomic mass is 16.1. The normalized spacial score (nSPS) is 12.6. The average molecular weight is 348 g/mol. The maximum absolute atomic E-state index is 13.0. The van der Waals surface area contributed by atoms with Gasteiger partial charge in [0.05, 0.1) is 0 Å². The fourth-order valence-electron chi connectivity index (χ4n) is 2.65. The number of pyridine rings is 1. The minimum atomic E-state index is -0.110. The SMILES string of the molecule is CCC(C)N=Cc1c(NCc2ccccc2)nc2c(C)cccn2c1=O. The number of nitrogens with zero attached hydrogens (tertiary/aromatic N) is 3. The highest BCUT2D eigenvalue weighted by Gasteiger charge is 2.12. The molecule has 0 saturated carbocycles. The van der Waals surface area contributed by atoms with Crippen LogP contribution >= 0.6 is 0 Å². The Morgan fingerprint density at radius 1 is 1.23 bits per heavy atom. The highest BCUT2D eigenvalue weighted by Crippen LogP contribution is 2.14. The third-order valence-electron chi connectivity index (χ3n) is 4.44. The molecule has 0 amide bonds. The van der Waals surface area contributed by atoms with E-state index in [2.05, 4.69) is 17.2 Å². The van der Waals surface area contributed by atoms with Crippen LogP contribution in [-0.4, -0.2) is 21.6 Å². The summed E-state index contributed by atoms with van der Waals surface area (Å²) >= 11 is 0. The number of hydrogen-bond donors (Lipinski definition) is 1. The zero-order chi connectivity index (χ0) is 18.5. The molecule has 0 radical (unpaired) electrons. The Bertz CT molecular complexity index is 976. The van der Waals surface area contributed by atoms with Crippen LogP contribution in [0.5, 0.6) is 0 Å². The van der Waals surface area contributed by atoms with E-state index < -0.39 is 0 Å². The van der Waals surface area contributed by atoms with E-state index in [0.29, 0.717) is 23.6 Å². The summed E-state index contributed by atoms with van der Waals surface area (Å²) in [5, 5.41) is 3.32. The Labute approximate surface area is 153 Å². The van der Waals surface area contributed by atoms with Gasteiger partial charge in [-0.1, -0.05) is 43.3 Å². The van der Waals surface area contributed by atoms with Gasteiger partial charge in [-0.05, 0) is 37.5 Å². The molecule has 0 aliphatic rings. The number of aryl methyl sites for hydroxylation is 1. The van der Waals surface area contributed by atoms with Crippen LogP contribution in [0.2, 0.25) is 0 Å². The Morgan fingerprint density at radius 2 is 2.00 bits per heavy atom. The van der Waals surface area contributed by atoms with Gasteiger partial charge in [-0.25, -0.2) is 4.98 Å². The molecule has 0 aliphatic carbocycles. The van der Waals surface area contributed by atoms with Crippen molar-refractivity contribution in [2.75, 3.05) is 5.32 Å². The molecule has 2 heterocycles. The first-order chi connectivity index (χ1) is 12.6. The largest absolute Gasteiger partial charge is 0.365 e. The standard InChI is InChI=1S/C21H24N4O/c1-4-16(3)22-14-18-19(23-13-17-10-6-5-7-11-17)24-20-15(2)9-8-12-25(20)21(18)26/h5-12,14,16,23H,4,13H2,1-3H3. The summed E-state index contributed by atoms with van der Waals surface area (Å²) in [7, 11) is 0. The molecule has 1 aromatic carbocycles. The molecule has 2 aromatic heterocycles. The van der Waals surface area contributed by atoms with Crippen LogP contribution in [0.3, 0.4) is 0 Å². The van der Waals surface area contributed by atoms with Crippen molar-refractivity contribution >= 4 is 17.7 Å². The summed E-state index contributed by atoms with van der Waals surface area (Å²) < 4.78 is 1.58. The summed E-state index contributed by atoms with van der Waals surface area (Å²) in [5.41, 5.74) is 3.13. The number of fused-ring (bicyclic) bond motifs is 1. The van der Waals surface area contributed by atoms with E-state index >= 15 is 0 Å². The number of aromatic nitrogens is 2. The number of benzene rings is 1. The van der Waals surface area contributed by atoms with Gasteiger partial charge in [0, 0.05) is 25.0 Å². The fourth-order valence-corrected chi connectivity index (χ4v) is 2.65. The van der Waals surface area contributed by atoms with Crippen molar-refractivity contribution in [3.05, 3.63) is 75.7 Å². The lowest BCUT2D eigenvalue weighted by Crippen LogP contribution is -2.23. The van der Waals surface area contributed by atoms with Gasteiger partial charge >= 0.3 is 0 Å². The van der Waals surface area contributed by atoms with Crippen LogP contribution in [-0.2, 0) is 6.54 Å². The van der Waals surface area contributed by atoms with E-state index in [1.165, 1.54) is 0 Å². The first kappa shape index (κ1) is 17.9. The second kappa shape index (κ2) is 7.95. The van der Waals surface area contributed by atoms with Gasteiger partial charge in [-0.2, -0.15) is 0 Å². The fraction of sp³-hybridized carbons (Fsp3) is 0.286. The van der Waals surface area contributed by atoms with Crippen LogP contribution in [0.25, 0.3) is 5.65 Å². The van der Waals surface area contributed by atoms with Crippen LogP contribution in [0.15, 0.2) is 58.4 Å². The number of nitrogens with one attached hydrogen (secondary N) is 1. The molecule has 1 atom stereocenters. The maximum atomic E-state index is 13.0. The lowest BCUT2D eigenvalue weighted by molar-refractivity contribution is 0.720. The van der Waals surface area contributed by atoms with E-state index in [1.54, 1.807) is 16.8 Å². The number of anilines is 1. The maximum Gasteiger partial charge on any atom is 0.268 e. The summed E-state index contributed by atoms with van der Waals surface area (Å²) in [6, 6.07) is 14.0. The number of hydrogen-bond acceptors (Lipinski definition) is 4. The van der Waals surface area contributed by atoms with Crippen LogP contribution in [0.1, 0.15) is 37.0 Å². The van der Waals surface area contributed by atoms with Crippen molar-refractivity contribution in [1.29, 1.82) is 0 Å². The van der Waals surface area contributed by atoms with E-state index in [4.69, 9.17) is 4.98 Å². The molecule has 0 saturated heterocycles. The van der Waals surface area contributed by atoms with Crippen LogP contribution in [0.4, 0.5) is 5.82 Å². The van der Waals surface area contributed by atoms with Gasteiger partial charge in [0.2, 0.25) is 0 Å². The zero-order valence-corrected chi connectivity index (χ0v) is 15.4. The third-order valence-corrected chi connectivity index (χ3v) is 4.44. The van der Waals surface area contributed by atoms with Crippen molar-refractivity contribution in [1.82, 2.24) is 9.38 Å². The molecule has 5 heteroatoms. The quantitative estimate of drug-likeness (QED) is 0.689. The van der Waals surface area contributed by atoms with Crippen molar-refractivity contribution in [2.45, 2.75) is 39.8 Å². The predicted octanol–water partition coefficient (Wildman–Crippen LogP) is 3.83. The lowest BCUT2D eigenvalue weighted by Gasteiger charge is -2.12. The zero-order valence-electron chi connectivity index (χ0n) is 15.4. The molecule has 3 rings (SSSR count). The van der Waals surface area contributed by atoms with Gasteiger partial charge in [-0.3, -0.25) is 14.2 Å². The Balaban J connectivity index is 2.07. The summed E-state index contributed by atoms with van der Waals surface area (Å²) in [4.78, 5) is 22.2. The monoisotopic (exact) mass is 348 g/mol. The van der Waals surface area contributed by atoms with Crippen molar-refractivity contribution in [3.8, 4) is 0 Å². The van der Waals surface area contributed by atoms with Crippen LogP contribution in [0, 0.1) is 6.92 Å². The molecule has 0 aliphatic heterocycles. The third kappa shape index (κ3) is 3.82. The van der Waals surface area contributed by atoms with E-state index in [1.807, 2.05) is 56.3 Å². The highest BCUT2D eigenvalue weighted by molar-refractivity contribution is 5.86. The van der Waals surface area contributed by atoms with Gasteiger partial charge in [0.25, 0.3) is 5.56 Å². The molecule has 0 fully saturated rings. The average Bonchev–Trinajstić information content (AvgIpc) is 2.67. The molecule has 134 valence electrons. The second-order valence-corrected chi connectivity index (χ2v) is 6.44. The number of aliphatic imine (C=N–C) groups is 1. The van der Waals surface area contributed by atoms with E-state index in [-0.39, 0.29) is 11.6 Å². The summed E-state index contributed by atoms with van der Waals surface area (Å²) in [5.74, 6) is 0.570. The lowest BCUT2D eigenvalue weighted by atomic mass is 10.2. The molecule has 5 nitrogen and oxygen atoms in total. The number of rotatable bonds is 6. The molecule has 3 aromatic rings. The molecule has 26 heavy (non-hydrogen) atoms. The molecule has 0 spiro atoms. The second-order valence-electron chi connectivity index (χ2n) is 6.44. The smallest absolute Gasteiger partial charge is 0.268 e. The Morgan fingerprint density at radius 3 is 2.73 bits per heavy atom. The van der Waals surface area contributed by atoms with Gasteiger partial charge in [0.15, 0.2) is 0 Å². The molecular weight excluding hydrogens is 324 g/mol. The summed E-state index contributed by atoms with van der Waals surface area (Å²) in [6.45, 7) is 6.66. The predicted molar refractivity (Wildman–Crippen MR) is 107 cm³/mol. The molecule has 0 bridgehead atoms. The Hall–Kier alpha value is -2.95. The molecule has 1 N–H and O–H groups in total. The minimum Gasteiger partial charge on any atom is -0.365 e. The molecular formula is C21H24N4O. The van der Waals surface area contributed by atoms with Gasteiger partial charge in [-0.15, -0.1) is 0 Å². The first-order valence-electron chi connectivity index (χ1n) is 8.93. The van der Waals surface area contributed by atoms with Crippen molar-refractivity contribution in [3.63, 3.8) is 0 Å². The summed E-state index contributed by atoms with van der Waals surface area (Å²) in [6.07, 6.45) is 4.33. The first-order valence-corrected chi connectivity index (χ1v) is 8.93. The minimum absolute atomic E-state index is 0.110. The Kier molecular flexibility index (Phi) is 5.46. The van der Waals surface area contributed by atoms with Gasteiger partial charge in [0.1, 0.15) is 17.0 Å².